The van der Waals surface area contributed by atoms with Gasteiger partial charge in [0.15, 0.2) is 5.43 Å². The number of likely N-dealkylation sites (N-methyl/N-ethyl adjacent to an activating group) is 1. The first-order valence-electron chi connectivity index (χ1n) is 10.9. The molecule has 0 unspecified atom stereocenters. The van der Waals surface area contributed by atoms with E-state index in [0.29, 0.717) is 11.3 Å². The molecule has 1 aliphatic heterocycles. The van der Waals surface area contributed by atoms with Gasteiger partial charge in [-0.1, -0.05) is 54.6 Å². The predicted molar refractivity (Wildman–Crippen MR) is 128 cm³/mol. The molecular weight excluding hydrogens is 400 g/mol. The smallest absolute Gasteiger partial charge is 0.197 e. The zero-order valence-electron chi connectivity index (χ0n) is 18.1. The van der Waals surface area contributed by atoms with Crippen LogP contribution >= 0.6 is 0 Å². The van der Waals surface area contributed by atoms with E-state index in [2.05, 4.69) is 41.1 Å². The summed E-state index contributed by atoms with van der Waals surface area (Å²) in [5.41, 5.74) is 4.00. The highest BCUT2D eigenvalue weighted by molar-refractivity contribution is 5.89. The summed E-state index contributed by atoms with van der Waals surface area (Å²) in [5.74, 6) is 0.426. The highest BCUT2D eigenvalue weighted by Crippen LogP contribution is 2.32. The van der Waals surface area contributed by atoms with Crippen LogP contribution in [0.3, 0.4) is 0 Å². The van der Waals surface area contributed by atoms with Gasteiger partial charge in [-0.25, -0.2) is 0 Å². The highest BCUT2D eigenvalue weighted by atomic mass is 16.3. The quantitative estimate of drug-likeness (QED) is 0.518. The Morgan fingerprint density at radius 2 is 1.56 bits per heavy atom. The van der Waals surface area contributed by atoms with Crippen LogP contribution in [-0.4, -0.2) is 48.1 Å². The largest absolute Gasteiger partial charge is 0.507 e. The summed E-state index contributed by atoms with van der Waals surface area (Å²) in [7, 11) is 2.16. The molecule has 0 amide bonds. The van der Waals surface area contributed by atoms with E-state index in [1.54, 1.807) is 6.07 Å². The van der Waals surface area contributed by atoms with Crippen LogP contribution in [0.2, 0.25) is 0 Å². The van der Waals surface area contributed by atoms with E-state index in [9.17, 15) is 9.90 Å². The third-order valence-electron chi connectivity index (χ3n) is 6.16. The fourth-order valence-electron chi connectivity index (χ4n) is 4.25. The highest BCUT2D eigenvalue weighted by Gasteiger charge is 2.15. The standard InChI is InChI=1S/C27H26N2O3/c1-28-11-13-29(14-12-28)18-19-7-9-20(10-8-19)22-15-23(30)27-24(31)17-25(32-26(27)16-22)21-5-3-2-4-6-21/h2-10,15-17,30H,11-14,18H2,1H3. The summed E-state index contributed by atoms with van der Waals surface area (Å²) in [6.45, 7) is 5.31. The molecule has 162 valence electrons. The molecule has 1 N–H and O–H groups in total. The van der Waals surface area contributed by atoms with Crippen LogP contribution in [0.4, 0.5) is 0 Å². The van der Waals surface area contributed by atoms with Crippen LogP contribution in [0.15, 0.2) is 82.0 Å². The van der Waals surface area contributed by atoms with Gasteiger partial charge in [0.1, 0.15) is 22.5 Å². The summed E-state index contributed by atoms with van der Waals surface area (Å²) in [6, 6.07) is 22.8. The Labute approximate surface area is 187 Å². The van der Waals surface area contributed by atoms with Crippen LogP contribution in [-0.2, 0) is 6.54 Å². The van der Waals surface area contributed by atoms with Gasteiger partial charge in [0.05, 0.1) is 0 Å². The van der Waals surface area contributed by atoms with Gasteiger partial charge < -0.3 is 14.4 Å². The number of hydrogen-bond donors (Lipinski definition) is 1. The summed E-state index contributed by atoms with van der Waals surface area (Å²) in [5, 5.41) is 10.8. The predicted octanol–water partition coefficient (Wildman–Crippen LogP) is 4.58. The maximum atomic E-state index is 12.7. The monoisotopic (exact) mass is 426 g/mol. The van der Waals surface area contributed by atoms with E-state index < -0.39 is 0 Å². The van der Waals surface area contributed by atoms with Gasteiger partial charge in [0.25, 0.3) is 0 Å². The number of nitrogens with zero attached hydrogens (tertiary/aromatic N) is 2. The SMILES string of the molecule is CN1CCN(Cc2ccc(-c3cc(O)c4c(=O)cc(-c5ccccc5)oc4c3)cc2)CC1. The van der Waals surface area contributed by atoms with Gasteiger partial charge in [0, 0.05) is 44.4 Å². The minimum Gasteiger partial charge on any atom is -0.507 e. The average Bonchev–Trinajstić information content (AvgIpc) is 2.81. The number of phenols is 1. The second-order valence-corrected chi connectivity index (χ2v) is 8.49. The molecule has 4 aromatic rings. The lowest BCUT2D eigenvalue weighted by Crippen LogP contribution is -2.43. The van der Waals surface area contributed by atoms with E-state index >= 15 is 0 Å². The molecule has 5 heteroatoms. The van der Waals surface area contributed by atoms with Crippen molar-refractivity contribution < 1.29 is 9.52 Å². The first-order valence-corrected chi connectivity index (χ1v) is 10.9. The van der Waals surface area contributed by atoms with Gasteiger partial charge in [-0.3, -0.25) is 9.69 Å². The normalized spacial score (nSPS) is 15.3. The summed E-state index contributed by atoms with van der Waals surface area (Å²) < 4.78 is 6.03. The number of aromatic hydroxyl groups is 1. The molecule has 0 aliphatic carbocycles. The Balaban J connectivity index is 1.45. The van der Waals surface area contributed by atoms with Crippen LogP contribution < -0.4 is 5.43 Å². The molecule has 0 saturated carbocycles. The van der Waals surface area contributed by atoms with Crippen molar-refractivity contribution in [2.45, 2.75) is 6.54 Å². The van der Waals surface area contributed by atoms with E-state index in [-0.39, 0.29) is 16.6 Å². The van der Waals surface area contributed by atoms with Crippen molar-refractivity contribution in [1.82, 2.24) is 9.80 Å². The molecule has 5 rings (SSSR count). The number of rotatable bonds is 4. The summed E-state index contributed by atoms with van der Waals surface area (Å²) in [4.78, 5) is 17.5. The maximum Gasteiger partial charge on any atom is 0.197 e. The number of hydrogen-bond acceptors (Lipinski definition) is 5. The number of fused-ring (bicyclic) bond motifs is 1. The lowest BCUT2D eigenvalue weighted by molar-refractivity contribution is 0.148. The van der Waals surface area contributed by atoms with Gasteiger partial charge in [-0.2, -0.15) is 0 Å². The minimum absolute atomic E-state index is 0.0626. The van der Waals surface area contributed by atoms with E-state index in [4.69, 9.17) is 4.42 Å². The Morgan fingerprint density at radius 3 is 2.28 bits per heavy atom. The molecule has 5 nitrogen and oxygen atoms in total. The van der Waals surface area contributed by atoms with Crippen LogP contribution in [0.25, 0.3) is 33.4 Å². The topological polar surface area (TPSA) is 56.9 Å². The number of phenolic OH excluding ortho intramolecular Hbond substituents is 1. The molecule has 1 aliphatic rings. The van der Waals surface area contributed by atoms with Crippen LogP contribution in [0, 0.1) is 0 Å². The van der Waals surface area contributed by atoms with Crippen molar-refractivity contribution in [3.05, 3.63) is 88.6 Å². The van der Waals surface area contributed by atoms with Crippen molar-refractivity contribution in [2.75, 3.05) is 33.2 Å². The fourth-order valence-corrected chi connectivity index (χ4v) is 4.25. The fraction of sp³-hybridized carbons (Fsp3) is 0.222. The first-order chi connectivity index (χ1) is 15.6. The van der Waals surface area contributed by atoms with Crippen molar-refractivity contribution in [2.24, 2.45) is 0 Å². The molecule has 0 bridgehead atoms. The third-order valence-corrected chi connectivity index (χ3v) is 6.16. The summed E-state index contributed by atoms with van der Waals surface area (Å²) in [6.07, 6.45) is 0. The lowest BCUT2D eigenvalue weighted by Gasteiger charge is -2.32. The number of benzene rings is 3. The summed E-state index contributed by atoms with van der Waals surface area (Å²) >= 11 is 0. The minimum atomic E-state index is -0.253. The second-order valence-electron chi connectivity index (χ2n) is 8.49. The second kappa shape index (κ2) is 8.61. The average molecular weight is 427 g/mol. The van der Waals surface area contributed by atoms with Crippen LogP contribution in [0.1, 0.15) is 5.56 Å². The molecular formula is C27H26N2O3. The van der Waals surface area contributed by atoms with Gasteiger partial charge >= 0.3 is 0 Å². The van der Waals surface area contributed by atoms with Gasteiger partial charge in [0.2, 0.25) is 0 Å². The molecule has 3 aromatic carbocycles. The zero-order chi connectivity index (χ0) is 22.1. The Kier molecular flexibility index (Phi) is 5.52. The number of piperazine rings is 1. The zero-order valence-corrected chi connectivity index (χ0v) is 18.1. The van der Waals surface area contributed by atoms with Crippen LogP contribution in [0.5, 0.6) is 5.75 Å². The lowest BCUT2D eigenvalue weighted by atomic mass is 10.0. The Bertz CT molecular complexity index is 1290. The molecule has 1 saturated heterocycles. The van der Waals surface area contributed by atoms with Crippen molar-refractivity contribution in [1.29, 1.82) is 0 Å². The van der Waals surface area contributed by atoms with Gasteiger partial charge in [-0.05, 0) is 35.9 Å². The van der Waals surface area contributed by atoms with E-state index in [1.807, 2.05) is 36.4 Å². The maximum absolute atomic E-state index is 12.7. The molecule has 2 heterocycles. The third kappa shape index (κ3) is 4.17. The Morgan fingerprint density at radius 1 is 0.844 bits per heavy atom. The van der Waals surface area contributed by atoms with Gasteiger partial charge in [-0.15, -0.1) is 0 Å². The molecule has 32 heavy (non-hydrogen) atoms. The van der Waals surface area contributed by atoms with Crippen molar-refractivity contribution in [3.8, 4) is 28.2 Å². The van der Waals surface area contributed by atoms with E-state index in [0.717, 1.165) is 49.4 Å². The van der Waals surface area contributed by atoms with E-state index in [1.165, 1.54) is 11.6 Å². The Hall–Kier alpha value is -3.41. The van der Waals surface area contributed by atoms with Crippen molar-refractivity contribution >= 4 is 11.0 Å². The molecule has 1 aromatic heterocycles. The molecule has 0 radical (unpaired) electrons. The first kappa shape index (κ1) is 20.5. The van der Waals surface area contributed by atoms with Crippen molar-refractivity contribution in [3.63, 3.8) is 0 Å². The molecule has 1 fully saturated rings. The molecule has 0 spiro atoms. The molecule has 0 atom stereocenters.